The Morgan fingerprint density at radius 3 is 2.65 bits per heavy atom. The van der Waals surface area contributed by atoms with Gasteiger partial charge in [-0.3, -0.25) is 14.3 Å². The third-order valence-corrected chi connectivity index (χ3v) is 2.74. The minimum absolute atomic E-state index is 0.0598. The van der Waals surface area contributed by atoms with Gasteiger partial charge in [-0.1, -0.05) is 0 Å². The highest BCUT2D eigenvalue weighted by molar-refractivity contribution is 7.84. The fraction of sp³-hybridized carbons (Fsp3) is 0.333. The van der Waals surface area contributed by atoms with E-state index in [1.807, 2.05) is 0 Å². The summed E-state index contributed by atoms with van der Waals surface area (Å²) in [7, 11) is -1.12. The number of hydrogen-bond donors (Lipinski definition) is 1. The van der Waals surface area contributed by atoms with E-state index in [0.29, 0.717) is 6.07 Å². The molecule has 1 N–H and O–H groups in total. The maximum absolute atomic E-state index is 13.3. The van der Waals surface area contributed by atoms with Crippen molar-refractivity contribution in [1.82, 2.24) is 0 Å². The molecule has 1 aromatic rings. The molecule has 1 atom stereocenters. The van der Waals surface area contributed by atoms with Crippen LogP contribution in [-0.4, -0.2) is 27.7 Å². The molecule has 0 aliphatic heterocycles. The summed E-state index contributed by atoms with van der Waals surface area (Å²) in [5, 5.41) is 13.0. The second-order valence-electron chi connectivity index (χ2n) is 3.22. The highest BCUT2D eigenvalue weighted by Crippen LogP contribution is 2.28. The van der Waals surface area contributed by atoms with Crippen molar-refractivity contribution in [3.63, 3.8) is 0 Å². The number of rotatable bonds is 5. The Hall–Kier alpha value is -1.57. The summed E-state index contributed by atoms with van der Waals surface area (Å²) in [4.78, 5) is 9.79. The number of nitro benzene ring substituents is 1. The van der Waals surface area contributed by atoms with Crippen molar-refractivity contribution in [1.29, 1.82) is 0 Å². The Balaban J connectivity index is 2.98. The lowest BCUT2D eigenvalue weighted by Gasteiger charge is -2.07. The van der Waals surface area contributed by atoms with Crippen LogP contribution in [-0.2, 0) is 10.8 Å². The number of benzene rings is 1. The Morgan fingerprint density at radius 1 is 1.47 bits per heavy atom. The maximum atomic E-state index is 13.3. The molecule has 0 saturated carbocycles. The second kappa shape index (κ2) is 5.67. The Bertz CT molecular complexity index is 468. The largest absolute Gasteiger partial charge is 0.376 e. The highest BCUT2D eigenvalue weighted by Gasteiger charge is 2.21. The van der Waals surface area contributed by atoms with Gasteiger partial charge in [-0.25, -0.2) is 8.78 Å². The zero-order chi connectivity index (χ0) is 13.0. The van der Waals surface area contributed by atoms with Gasteiger partial charge in [0.2, 0.25) is 0 Å². The maximum Gasteiger partial charge on any atom is 0.295 e. The quantitative estimate of drug-likeness (QED) is 0.648. The first-order valence-electron chi connectivity index (χ1n) is 4.59. The number of halogens is 2. The molecule has 17 heavy (non-hydrogen) atoms. The van der Waals surface area contributed by atoms with Crippen LogP contribution in [0.4, 0.5) is 20.2 Å². The summed E-state index contributed by atoms with van der Waals surface area (Å²) in [6, 6.07) is 1.57. The van der Waals surface area contributed by atoms with E-state index in [4.69, 9.17) is 0 Å². The van der Waals surface area contributed by atoms with E-state index >= 15 is 0 Å². The van der Waals surface area contributed by atoms with Crippen LogP contribution in [0.5, 0.6) is 0 Å². The molecular formula is C9H10F2N2O3S. The van der Waals surface area contributed by atoms with Crippen LogP contribution in [0.15, 0.2) is 12.1 Å². The van der Waals surface area contributed by atoms with Gasteiger partial charge < -0.3 is 5.32 Å². The van der Waals surface area contributed by atoms with Gasteiger partial charge in [-0.15, -0.1) is 0 Å². The third-order valence-electron chi connectivity index (χ3n) is 1.96. The Morgan fingerprint density at radius 2 is 2.12 bits per heavy atom. The topological polar surface area (TPSA) is 72.2 Å². The zero-order valence-corrected chi connectivity index (χ0v) is 9.72. The van der Waals surface area contributed by atoms with E-state index < -0.39 is 38.7 Å². The zero-order valence-electron chi connectivity index (χ0n) is 8.91. The molecule has 8 heteroatoms. The molecule has 0 fully saturated rings. The van der Waals surface area contributed by atoms with E-state index in [-0.39, 0.29) is 12.3 Å². The van der Waals surface area contributed by atoms with Gasteiger partial charge in [0.1, 0.15) is 0 Å². The van der Waals surface area contributed by atoms with E-state index in [0.717, 1.165) is 6.07 Å². The molecule has 0 aliphatic rings. The Kier molecular flexibility index (Phi) is 4.50. The van der Waals surface area contributed by atoms with Crippen LogP contribution < -0.4 is 5.32 Å². The van der Waals surface area contributed by atoms with Gasteiger partial charge in [0.05, 0.1) is 4.92 Å². The summed E-state index contributed by atoms with van der Waals surface area (Å²) in [5.41, 5.74) is -1.06. The predicted molar refractivity (Wildman–Crippen MR) is 60.4 cm³/mol. The molecule has 1 rings (SSSR count). The fourth-order valence-corrected chi connectivity index (χ4v) is 1.57. The lowest BCUT2D eigenvalue weighted by Crippen LogP contribution is -2.12. The van der Waals surface area contributed by atoms with Crippen molar-refractivity contribution in [2.45, 2.75) is 0 Å². The average Bonchev–Trinajstić information content (AvgIpc) is 2.23. The van der Waals surface area contributed by atoms with Gasteiger partial charge in [0.15, 0.2) is 17.3 Å². The SMILES string of the molecule is CS(=O)CCNc1c([N+](=O)[O-])ccc(F)c1F. The minimum Gasteiger partial charge on any atom is -0.376 e. The first-order valence-corrected chi connectivity index (χ1v) is 6.32. The lowest BCUT2D eigenvalue weighted by atomic mass is 10.2. The number of nitro groups is 1. The predicted octanol–water partition coefficient (Wildman–Crippen LogP) is 1.66. The van der Waals surface area contributed by atoms with Crippen LogP contribution in [0.3, 0.4) is 0 Å². The number of nitrogens with zero attached hydrogens (tertiary/aromatic N) is 1. The van der Waals surface area contributed by atoms with E-state index in [1.165, 1.54) is 6.26 Å². The van der Waals surface area contributed by atoms with Gasteiger partial charge in [0.25, 0.3) is 5.69 Å². The van der Waals surface area contributed by atoms with Gasteiger partial charge in [-0.2, -0.15) is 0 Å². The molecule has 0 saturated heterocycles. The molecule has 0 aliphatic carbocycles. The van der Waals surface area contributed by atoms with Crippen LogP contribution in [0.1, 0.15) is 0 Å². The van der Waals surface area contributed by atoms with Crippen LogP contribution in [0, 0.1) is 21.7 Å². The van der Waals surface area contributed by atoms with Crippen LogP contribution >= 0.6 is 0 Å². The summed E-state index contributed by atoms with van der Waals surface area (Å²) in [6.45, 7) is 0.0598. The first kappa shape index (κ1) is 13.5. The second-order valence-corrected chi connectivity index (χ2v) is 4.77. The lowest BCUT2D eigenvalue weighted by molar-refractivity contribution is -0.384. The molecule has 0 spiro atoms. The molecule has 0 heterocycles. The molecule has 94 valence electrons. The van der Waals surface area contributed by atoms with Crippen molar-refractivity contribution in [2.75, 3.05) is 23.9 Å². The van der Waals surface area contributed by atoms with Crippen molar-refractivity contribution >= 4 is 22.2 Å². The molecule has 0 radical (unpaired) electrons. The van der Waals surface area contributed by atoms with Crippen molar-refractivity contribution in [2.24, 2.45) is 0 Å². The van der Waals surface area contributed by atoms with Crippen LogP contribution in [0.25, 0.3) is 0 Å². The summed E-state index contributed by atoms with van der Waals surface area (Å²) in [5.74, 6) is -2.29. The van der Waals surface area contributed by atoms with Crippen LogP contribution in [0.2, 0.25) is 0 Å². The van der Waals surface area contributed by atoms with E-state index in [9.17, 15) is 23.1 Å². The Labute approximate surface area is 98.4 Å². The average molecular weight is 264 g/mol. The minimum atomic E-state index is -1.30. The smallest absolute Gasteiger partial charge is 0.295 e. The van der Waals surface area contributed by atoms with Crippen molar-refractivity contribution < 1.29 is 17.9 Å². The standard InChI is InChI=1S/C9H10F2N2O3S/c1-17(16)5-4-12-9-7(13(14)15)3-2-6(10)8(9)11/h2-3,12H,4-5H2,1H3. The van der Waals surface area contributed by atoms with E-state index in [2.05, 4.69) is 5.32 Å². The van der Waals surface area contributed by atoms with Crippen molar-refractivity contribution in [3.05, 3.63) is 33.9 Å². The van der Waals surface area contributed by atoms with E-state index in [1.54, 1.807) is 0 Å². The molecular weight excluding hydrogens is 254 g/mol. The molecule has 1 aromatic carbocycles. The van der Waals surface area contributed by atoms with Gasteiger partial charge in [-0.05, 0) is 6.07 Å². The molecule has 0 amide bonds. The monoisotopic (exact) mass is 264 g/mol. The fourth-order valence-electron chi connectivity index (χ4n) is 1.18. The molecule has 5 nitrogen and oxygen atoms in total. The third kappa shape index (κ3) is 3.45. The number of nitrogens with one attached hydrogen (secondary N) is 1. The van der Waals surface area contributed by atoms with Gasteiger partial charge >= 0.3 is 0 Å². The highest BCUT2D eigenvalue weighted by atomic mass is 32.2. The normalized spacial score (nSPS) is 12.2. The summed E-state index contributed by atoms with van der Waals surface area (Å²) >= 11 is 0. The molecule has 0 bridgehead atoms. The summed E-state index contributed by atoms with van der Waals surface area (Å²) in [6.07, 6.45) is 1.44. The molecule has 1 unspecified atom stereocenters. The summed E-state index contributed by atoms with van der Waals surface area (Å²) < 4.78 is 37.0. The first-order chi connectivity index (χ1) is 7.93. The number of hydrogen-bond acceptors (Lipinski definition) is 4. The van der Waals surface area contributed by atoms with Gasteiger partial charge in [0, 0.05) is 35.4 Å². The molecule has 0 aromatic heterocycles. The number of anilines is 1. The van der Waals surface area contributed by atoms with Crippen molar-refractivity contribution in [3.8, 4) is 0 Å².